The van der Waals surface area contributed by atoms with Crippen LogP contribution in [0.3, 0.4) is 0 Å². The van der Waals surface area contributed by atoms with E-state index in [1.165, 1.54) is 18.2 Å². The number of halogens is 1. The maximum Gasteiger partial charge on any atom is 0.308 e. The van der Waals surface area contributed by atoms with E-state index in [2.05, 4.69) is 0 Å². The first kappa shape index (κ1) is 15.8. The molecule has 1 fully saturated rings. The molecule has 1 aliphatic rings. The fourth-order valence-electron chi connectivity index (χ4n) is 2.38. The van der Waals surface area contributed by atoms with Gasteiger partial charge in [0.15, 0.2) is 0 Å². The average Bonchev–Trinajstić information content (AvgIpc) is 2.81. The van der Waals surface area contributed by atoms with Gasteiger partial charge < -0.3 is 5.11 Å². The van der Waals surface area contributed by atoms with Gasteiger partial charge in [0.1, 0.15) is 11.0 Å². The molecule has 1 aromatic rings. The molecule has 0 amide bonds. The van der Waals surface area contributed by atoms with Crippen LogP contribution in [0.2, 0.25) is 5.02 Å². The molecule has 1 N–H and O–H groups in total. The minimum Gasteiger partial charge on any atom is -0.481 e. The van der Waals surface area contributed by atoms with Crippen molar-refractivity contribution in [3.8, 4) is 6.07 Å². The molecular weight excluding hydrogens is 316 g/mol. The highest BCUT2D eigenvalue weighted by Crippen LogP contribution is 2.31. The van der Waals surface area contributed by atoms with Crippen molar-refractivity contribution in [3.05, 3.63) is 28.8 Å². The van der Waals surface area contributed by atoms with E-state index in [-0.39, 0.29) is 34.5 Å². The number of carboxylic acid groups (broad SMARTS) is 1. The third kappa shape index (κ3) is 2.88. The van der Waals surface area contributed by atoms with Crippen molar-refractivity contribution in [2.24, 2.45) is 11.8 Å². The van der Waals surface area contributed by atoms with Gasteiger partial charge in [0, 0.05) is 18.1 Å². The van der Waals surface area contributed by atoms with Gasteiger partial charge in [-0.2, -0.15) is 9.57 Å². The quantitative estimate of drug-likeness (QED) is 0.907. The Morgan fingerprint density at radius 3 is 2.67 bits per heavy atom. The van der Waals surface area contributed by atoms with Crippen LogP contribution in [0.5, 0.6) is 0 Å². The Morgan fingerprint density at radius 2 is 2.14 bits per heavy atom. The molecule has 1 heterocycles. The molecule has 1 aromatic carbocycles. The lowest BCUT2D eigenvalue weighted by molar-refractivity contribution is -0.142. The number of benzene rings is 1. The molecule has 6 nitrogen and oxygen atoms in total. The summed E-state index contributed by atoms with van der Waals surface area (Å²) in [6.45, 7) is 1.70. The Morgan fingerprint density at radius 1 is 1.48 bits per heavy atom. The predicted molar refractivity (Wildman–Crippen MR) is 75.2 cm³/mol. The second-order valence-electron chi connectivity index (χ2n) is 5.00. The van der Waals surface area contributed by atoms with Gasteiger partial charge in [0.05, 0.1) is 11.5 Å². The minimum absolute atomic E-state index is 0.00849. The van der Waals surface area contributed by atoms with Crippen LogP contribution in [0.4, 0.5) is 0 Å². The fraction of sp³-hybridized carbons (Fsp3) is 0.385. The van der Waals surface area contributed by atoms with Gasteiger partial charge in [-0.05, 0) is 24.1 Å². The molecular formula is C13H13ClN2O4S. The number of nitrogens with zero attached hydrogens (tertiary/aromatic N) is 2. The van der Waals surface area contributed by atoms with Gasteiger partial charge in [0.2, 0.25) is 10.0 Å². The first-order chi connectivity index (χ1) is 9.77. The highest BCUT2D eigenvalue weighted by molar-refractivity contribution is 7.89. The molecule has 0 spiro atoms. The number of rotatable bonds is 3. The van der Waals surface area contributed by atoms with Crippen LogP contribution in [-0.4, -0.2) is 36.9 Å². The average molecular weight is 329 g/mol. The summed E-state index contributed by atoms with van der Waals surface area (Å²) in [6, 6.07) is 5.81. The molecule has 1 saturated heterocycles. The summed E-state index contributed by atoms with van der Waals surface area (Å²) >= 11 is 5.81. The molecule has 2 atom stereocenters. The van der Waals surface area contributed by atoms with Crippen LogP contribution in [0.25, 0.3) is 0 Å². The van der Waals surface area contributed by atoms with E-state index in [4.69, 9.17) is 22.0 Å². The first-order valence-corrected chi connectivity index (χ1v) is 8.01. The lowest BCUT2D eigenvalue weighted by Crippen LogP contribution is -2.30. The van der Waals surface area contributed by atoms with E-state index in [1.54, 1.807) is 6.92 Å². The number of carboxylic acids is 1. The SMILES string of the molecule is CC1CN(S(=O)(=O)c2cc(Cl)ccc2C#N)CC1C(=O)O. The molecule has 2 rings (SSSR count). The van der Waals surface area contributed by atoms with Gasteiger partial charge >= 0.3 is 5.97 Å². The van der Waals surface area contributed by atoms with E-state index in [0.717, 1.165) is 4.31 Å². The van der Waals surface area contributed by atoms with Gasteiger partial charge in [-0.1, -0.05) is 18.5 Å². The molecule has 1 aliphatic heterocycles. The zero-order chi connectivity index (χ0) is 15.8. The summed E-state index contributed by atoms with van der Waals surface area (Å²) < 4.78 is 26.3. The highest BCUT2D eigenvalue weighted by Gasteiger charge is 2.41. The molecule has 0 aromatic heterocycles. The molecule has 2 unspecified atom stereocenters. The van der Waals surface area contributed by atoms with Crippen LogP contribution in [0.1, 0.15) is 12.5 Å². The van der Waals surface area contributed by atoms with Gasteiger partial charge in [-0.25, -0.2) is 8.42 Å². The van der Waals surface area contributed by atoms with Crippen LogP contribution in [0.15, 0.2) is 23.1 Å². The highest BCUT2D eigenvalue weighted by atomic mass is 35.5. The van der Waals surface area contributed by atoms with Crippen molar-refractivity contribution >= 4 is 27.6 Å². The van der Waals surface area contributed by atoms with Crippen molar-refractivity contribution in [1.29, 1.82) is 5.26 Å². The lowest BCUT2D eigenvalue weighted by atomic mass is 9.99. The summed E-state index contributed by atoms with van der Waals surface area (Å²) in [5, 5.41) is 18.3. The second-order valence-corrected chi connectivity index (χ2v) is 7.34. The number of sulfonamides is 1. The van der Waals surface area contributed by atoms with E-state index < -0.39 is 21.9 Å². The van der Waals surface area contributed by atoms with Crippen molar-refractivity contribution in [2.75, 3.05) is 13.1 Å². The molecule has 21 heavy (non-hydrogen) atoms. The molecule has 0 bridgehead atoms. The summed E-state index contributed by atoms with van der Waals surface area (Å²) in [4.78, 5) is 10.9. The van der Waals surface area contributed by atoms with Crippen LogP contribution >= 0.6 is 11.6 Å². The third-order valence-electron chi connectivity index (χ3n) is 3.58. The Kier molecular flexibility index (Phi) is 4.23. The number of aliphatic carboxylic acids is 1. The zero-order valence-electron chi connectivity index (χ0n) is 11.2. The Labute approximate surface area is 127 Å². The van der Waals surface area contributed by atoms with Crippen molar-refractivity contribution in [2.45, 2.75) is 11.8 Å². The number of hydrogen-bond donors (Lipinski definition) is 1. The summed E-state index contributed by atoms with van der Waals surface area (Å²) in [6.07, 6.45) is 0. The third-order valence-corrected chi connectivity index (χ3v) is 5.68. The van der Waals surface area contributed by atoms with Gasteiger partial charge in [0.25, 0.3) is 0 Å². The standard InChI is InChI=1S/C13H13ClN2O4S/c1-8-6-16(7-11(8)13(17)18)21(19,20)12-4-10(14)3-2-9(12)5-15/h2-4,8,11H,6-7H2,1H3,(H,17,18). The number of nitriles is 1. The summed E-state index contributed by atoms with van der Waals surface area (Å²) in [7, 11) is -3.94. The lowest BCUT2D eigenvalue weighted by Gasteiger charge is -2.17. The molecule has 0 saturated carbocycles. The molecule has 112 valence electrons. The Balaban J connectivity index is 2.43. The second kappa shape index (κ2) is 5.64. The Hall–Kier alpha value is -1.62. The maximum atomic E-state index is 12.6. The number of carbonyl (C=O) groups is 1. The van der Waals surface area contributed by atoms with Crippen molar-refractivity contribution < 1.29 is 18.3 Å². The van der Waals surface area contributed by atoms with E-state index in [9.17, 15) is 13.2 Å². The topological polar surface area (TPSA) is 98.5 Å². The minimum atomic E-state index is -3.94. The summed E-state index contributed by atoms with van der Waals surface area (Å²) in [5.41, 5.74) is -0.00849. The van der Waals surface area contributed by atoms with Gasteiger partial charge in [-0.15, -0.1) is 0 Å². The predicted octanol–water partition coefficient (Wildman–Crippen LogP) is 1.55. The van der Waals surface area contributed by atoms with E-state index >= 15 is 0 Å². The molecule has 0 radical (unpaired) electrons. The normalized spacial score (nSPS) is 22.9. The van der Waals surface area contributed by atoms with Gasteiger partial charge in [-0.3, -0.25) is 4.79 Å². The Bertz CT molecular complexity index is 726. The largest absolute Gasteiger partial charge is 0.481 e. The van der Waals surface area contributed by atoms with Crippen molar-refractivity contribution in [1.82, 2.24) is 4.31 Å². The van der Waals surface area contributed by atoms with Crippen LogP contribution in [-0.2, 0) is 14.8 Å². The monoisotopic (exact) mass is 328 g/mol. The smallest absolute Gasteiger partial charge is 0.308 e. The maximum absolute atomic E-state index is 12.6. The zero-order valence-corrected chi connectivity index (χ0v) is 12.7. The number of hydrogen-bond acceptors (Lipinski definition) is 4. The summed E-state index contributed by atoms with van der Waals surface area (Å²) in [5.74, 6) is -2.06. The van der Waals surface area contributed by atoms with E-state index in [1.807, 2.05) is 6.07 Å². The van der Waals surface area contributed by atoms with Crippen molar-refractivity contribution in [3.63, 3.8) is 0 Å². The van der Waals surface area contributed by atoms with E-state index in [0.29, 0.717) is 0 Å². The molecule has 0 aliphatic carbocycles. The van der Waals surface area contributed by atoms with Crippen LogP contribution < -0.4 is 0 Å². The molecule has 8 heteroatoms. The first-order valence-electron chi connectivity index (χ1n) is 6.20. The van der Waals surface area contributed by atoms with Crippen LogP contribution in [0, 0.1) is 23.2 Å². The fourth-order valence-corrected chi connectivity index (χ4v) is 4.35.